The van der Waals surface area contributed by atoms with Crippen molar-refractivity contribution in [1.82, 2.24) is 15.5 Å². The van der Waals surface area contributed by atoms with Gasteiger partial charge in [-0.05, 0) is 24.1 Å². The predicted molar refractivity (Wildman–Crippen MR) is 95.8 cm³/mol. The number of nitrogens with one attached hydrogen (secondary N) is 2. The number of rotatable bonds is 4. The fraction of sp³-hybridized carbons (Fsp3) is 0.556. The number of nitrogens with zero attached hydrogens (tertiary/aromatic N) is 1. The second-order valence-corrected chi connectivity index (χ2v) is 8.41. The lowest BCUT2D eigenvalue weighted by molar-refractivity contribution is -0.138. The van der Waals surface area contributed by atoms with Gasteiger partial charge in [-0.15, -0.1) is 11.8 Å². The molecule has 26 heavy (non-hydrogen) atoms. The molecule has 3 heterocycles. The number of hydrogen-bond donors (Lipinski definition) is 3. The maximum absolute atomic E-state index is 13.3. The van der Waals surface area contributed by atoms with Gasteiger partial charge in [-0.25, -0.2) is 4.39 Å². The molecule has 6 nitrogen and oxygen atoms in total. The summed E-state index contributed by atoms with van der Waals surface area (Å²) >= 11 is 1.58. The smallest absolute Gasteiger partial charge is 0.243 e. The van der Waals surface area contributed by atoms with Crippen LogP contribution >= 0.6 is 11.8 Å². The van der Waals surface area contributed by atoms with Crippen molar-refractivity contribution in [3.63, 3.8) is 0 Å². The standard InChI is InChI=1S/C18H22FN3O3S/c19-13-3-1-12(2-4-13)18-6-5-16(24)22(18)14(10-26-18)17(25)21-8-11-7-20-9-15(11)23/h1-4,11,14-15,20,23H,5-10H2,(H,21,25). The van der Waals surface area contributed by atoms with Crippen LogP contribution in [-0.4, -0.2) is 59.4 Å². The number of thioether (sulfide) groups is 1. The molecule has 0 bridgehead atoms. The van der Waals surface area contributed by atoms with Crippen LogP contribution in [0, 0.1) is 11.7 Å². The summed E-state index contributed by atoms with van der Waals surface area (Å²) in [5.74, 6) is -0.0375. The van der Waals surface area contributed by atoms with Crippen molar-refractivity contribution in [2.24, 2.45) is 5.92 Å². The summed E-state index contributed by atoms with van der Waals surface area (Å²) in [6.07, 6.45) is 0.552. The predicted octanol–water partition coefficient (Wildman–Crippen LogP) is 0.413. The van der Waals surface area contributed by atoms with Crippen molar-refractivity contribution in [3.05, 3.63) is 35.6 Å². The Morgan fingerprint density at radius 1 is 1.38 bits per heavy atom. The number of carbonyl (C=O) groups excluding carboxylic acids is 2. The maximum Gasteiger partial charge on any atom is 0.243 e. The van der Waals surface area contributed by atoms with Crippen LogP contribution < -0.4 is 10.6 Å². The lowest BCUT2D eigenvalue weighted by Gasteiger charge is -2.34. The summed E-state index contributed by atoms with van der Waals surface area (Å²) in [4.78, 5) is 26.4. The SMILES string of the molecule is O=C(NCC1CNCC1O)C1CSC2(c3ccc(F)cc3)CCC(=O)N12. The van der Waals surface area contributed by atoms with Crippen molar-refractivity contribution in [1.29, 1.82) is 0 Å². The van der Waals surface area contributed by atoms with E-state index in [1.165, 1.54) is 12.1 Å². The third-order valence-corrected chi connectivity index (χ3v) is 7.16. The minimum Gasteiger partial charge on any atom is -0.391 e. The molecule has 4 atom stereocenters. The average molecular weight is 379 g/mol. The molecule has 3 N–H and O–H groups in total. The Morgan fingerprint density at radius 2 is 2.15 bits per heavy atom. The fourth-order valence-electron chi connectivity index (χ4n) is 4.12. The average Bonchev–Trinajstić information content (AvgIpc) is 3.30. The highest BCUT2D eigenvalue weighted by molar-refractivity contribution is 8.00. The third kappa shape index (κ3) is 2.90. The number of benzene rings is 1. The number of halogens is 1. The highest BCUT2D eigenvalue weighted by atomic mass is 32.2. The van der Waals surface area contributed by atoms with Gasteiger partial charge >= 0.3 is 0 Å². The van der Waals surface area contributed by atoms with Crippen LogP contribution in [0.5, 0.6) is 0 Å². The number of aliphatic hydroxyl groups is 1. The molecular weight excluding hydrogens is 357 g/mol. The molecule has 3 aliphatic rings. The molecule has 2 amide bonds. The zero-order valence-electron chi connectivity index (χ0n) is 14.3. The summed E-state index contributed by atoms with van der Waals surface area (Å²) in [5.41, 5.74) is 0.862. The molecule has 4 unspecified atom stereocenters. The Morgan fingerprint density at radius 3 is 2.85 bits per heavy atom. The Labute approximate surface area is 155 Å². The van der Waals surface area contributed by atoms with E-state index in [2.05, 4.69) is 10.6 Å². The van der Waals surface area contributed by atoms with Gasteiger partial charge < -0.3 is 20.6 Å². The quantitative estimate of drug-likeness (QED) is 0.706. The van der Waals surface area contributed by atoms with Crippen LogP contribution in [0.25, 0.3) is 0 Å². The summed E-state index contributed by atoms with van der Waals surface area (Å²) in [5, 5.41) is 15.9. The highest BCUT2D eigenvalue weighted by Gasteiger charge is 2.56. The summed E-state index contributed by atoms with van der Waals surface area (Å²) in [7, 11) is 0. The molecular formula is C18H22FN3O3S. The van der Waals surface area contributed by atoms with Gasteiger partial charge in [0, 0.05) is 37.7 Å². The van der Waals surface area contributed by atoms with E-state index >= 15 is 0 Å². The van der Waals surface area contributed by atoms with E-state index in [1.54, 1.807) is 28.8 Å². The van der Waals surface area contributed by atoms with Crippen LogP contribution in [0.3, 0.4) is 0 Å². The summed E-state index contributed by atoms with van der Waals surface area (Å²) in [6.45, 7) is 1.60. The van der Waals surface area contributed by atoms with Gasteiger partial charge in [0.05, 0.1) is 6.10 Å². The van der Waals surface area contributed by atoms with Gasteiger partial charge in [0.2, 0.25) is 11.8 Å². The second-order valence-electron chi connectivity index (χ2n) is 7.11. The minimum absolute atomic E-state index is 0.0101. The zero-order chi connectivity index (χ0) is 18.3. The van der Waals surface area contributed by atoms with E-state index in [0.717, 1.165) is 5.56 Å². The topological polar surface area (TPSA) is 81.7 Å². The Kier molecular flexibility index (Phi) is 4.66. The zero-order valence-corrected chi connectivity index (χ0v) is 15.1. The molecule has 3 fully saturated rings. The van der Waals surface area contributed by atoms with E-state index < -0.39 is 17.0 Å². The van der Waals surface area contributed by atoms with Crippen molar-refractivity contribution in [3.8, 4) is 0 Å². The molecule has 140 valence electrons. The molecule has 0 aliphatic carbocycles. The number of aliphatic hydroxyl groups excluding tert-OH is 1. The third-order valence-electron chi connectivity index (χ3n) is 5.57. The monoisotopic (exact) mass is 379 g/mol. The molecule has 0 spiro atoms. The van der Waals surface area contributed by atoms with Crippen LogP contribution in [0.4, 0.5) is 4.39 Å². The van der Waals surface area contributed by atoms with Gasteiger partial charge in [-0.1, -0.05) is 12.1 Å². The van der Waals surface area contributed by atoms with Gasteiger partial charge in [-0.3, -0.25) is 9.59 Å². The largest absolute Gasteiger partial charge is 0.391 e. The van der Waals surface area contributed by atoms with E-state index in [1.807, 2.05) is 0 Å². The number of carbonyl (C=O) groups is 2. The molecule has 4 rings (SSSR count). The van der Waals surface area contributed by atoms with Crippen molar-refractivity contribution in [2.75, 3.05) is 25.4 Å². The second kappa shape index (κ2) is 6.83. The van der Waals surface area contributed by atoms with Gasteiger partial charge in [0.25, 0.3) is 0 Å². The fourth-order valence-corrected chi connectivity index (χ4v) is 5.78. The van der Waals surface area contributed by atoms with Gasteiger partial charge in [0.1, 0.15) is 16.7 Å². The highest BCUT2D eigenvalue weighted by Crippen LogP contribution is 2.54. The van der Waals surface area contributed by atoms with Crippen LogP contribution in [-0.2, 0) is 14.5 Å². The molecule has 1 aromatic carbocycles. The first-order valence-corrected chi connectivity index (χ1v) is 9.88. The van der Waals surface area contributed by atoms with Crippen molar-refractivity contribution in [2.45, 2.75) is 29.9 Å². The summed E-state index contributed by atoms with van der Waals surface area (Å²) < 4.78 is 13.3. The molecule has 0 radical (unpaired) electrons. The molecule has 1 aromatic rings. The van der Waals surface area contributed by atoms with E-state index in [-0.39, 0.29) is 23.5 Å². The molecule has 3 aliphatic heterocycles. The normalized spacial score (nSPS) is 33.5. The van der Waals surface area contributed by atoms with Crippen LogP contribution in [0.1, 0.15) is 18.4 Å². The van der Waals surface area contributed by atoms with Crippen LogP contribution in [0.2, 0.25) is 0 Å². The first-order valence-electron chi connectivity index (χ1n) is 8.90. The first-order chi connectivity index (χ1) is 12.5. The molecule has 8 heteroatoms. The minimum atomic E-state index is -0.582. The number of hydrogen-bond acceptors (Lipinski definition) is 5. The van der Waals surface area contributed by atoms with Gasteiger partial charge in [-0.2, -0.15) is 0 Å². The lowest BCUT2D eigenvalue weighted by Crippen LogP contribution is -2.51. The van der Waals surface area contributed by atoms with E-state index in [0.29, 0.717) is 38.2 Å². The van der Waals surface area contributed by atoms with E-state index in [9.17, 15) is 19.1 Å². The van der Waals surface area contributed by atoms with E-state index in [4.69, 9.17) is 0 Å². The Balaban J connectivity index is 1.50. The van der Waals surface area contributed by atoms with Crippen molar-refractivity contribution >= 4 is 23.6 Å². The molecule has 0 saturated carbocycles. The van der Waals surface area contributed by atoms with Gasteiger partial charge in [0.15, 0.2) is 0 Å². The molecule has 3 saturated heterocycles. The maximum atomic E-state index is 13.3. The number of amides is 2. The Hall–Kier alpha value is -1.64. The Bertz CT molecular complexity index is 716. The lowest BCUT2D eigenvalue weighted by atomic mass is 10.0. The number of fused-ring (bicyclic) bond motifs is 1. The first kappa shape index (κ1) is 17.8. The molecule has 0 aromatic heterocycles. The van der Waals surface area contributed by atoms with Crippen LogP contribution in [0.15, 0.2) is 24.3 Å². The summed E-state index contributed by atoms with van der Waals surface area (Å²) in [6, 6.07) is 5.66. The van der Waals surface area contributed by atoms with Crippen molar-refractivity contribution < 1.29 is 19.1 Å². The number of β-amino-alcohol motifs (C(OH)–C–C–N with tert-alkyl or cyclic N) is 1.